The molecule has 1 fully saturated rings. The molecule has 2 nitrogen and oxygen atoms in total. The fraction of sp³-hybridized carbons (Fsp3) is 1.00. The Labute approximate surface area is 76.1 Å². The van der Waals surface area contributed by atoms with Gasteiger partial charge in [-0.05, 0) is 39.8 Å². The lowest BCUT2D eigenvalue weighted by molar-refractivity contribution is 0.391. The second kappa shape index (κ2) is 4.24. The van der Waals surface area contributed by atoms with Crippen molar-refractivity contribution in [3.63, 3.8) is 0 Å². The summed E-state index contributed by atoms with van der Waals surface area (Å²) < 4.78 is 0. The third-order valence-electron chi connectivity index (χ3n) is 2.67. The van der Waals surface area contributed by atoms with Gasteiger partial charge < -0.3 is 10.6 Å². The first kappa shape index (κ1) is 10.0. The monoisotopic (exact) mass is 170 g/mol. The molecule has 0 amide bonds. The highest BCUT2D eigenvalue weighted by atomic mass is 15.0. The highest BCUT2D eigenvalue weighted by Gasteiger charge is 2.20. The second-order valence-corrected chi connectivity index (χ2v) is 4.54. The van der Waals surface area contributed by atoms with Crippen LogP contribution in [0.3, 0.4) is 0 Å². The van der Waals surface area contributed by atoms with Gasteiger partial charge >= 0.3 is 0 Å². The Hall–Kier alpha value is -0.0800. The van der Waals surface area contributed by atoms with Gasteiger partial charge in [0.2, 0.25) is 0 Å². The van der Waals surface area contributed by atoms with Gasteiger partial charge in [-0.1, -0.05) is 12.8 Å². The number of nitrogens with one attached hydrogen (secondary N) is 2. The molecule has 1 rings (SSSR count). The van der Waals surface area contributed by atoms with Gasteiger partial charge in [-0.25, -0.2) is 0 Å². The fourth-order valence-corrected chi connectivity index (χ4v) is 1.20. The first-order valence-corrected chi connectivity index (χ1v) is 5.04. The molecule has 0 radical (unpaired) electrons. The van der Waals surface area contributed by atoms with Crippen LogP contribution in [0.15, 0.2) is 0 Å². The standard InChI is InChI=1S/C10H22N2/c1-10(2,11-3)8-12-7-6-9-4-5-9/h9,11-12H,4-8H2,1-3H3. The molecule has 0 heterocycles. The van der Waals surface area contributed by atoms with E-state index in [1.807, 2.05) is 7.05 Å². The Morgan fingerprint density at radius 3 is 2.50 bits per heavy atom. The van der Waals surface area contributed by atoms with Crippen LogP contribution in [0.2, 0.25) is 0 Å². The molecule has 0 saturated heterocycles. The van der Waals surface area contributed by atoms with Crippen LogP contribution in [0.1, 0.15) is 33.1 Å². The van der Waals surface area contributed by atoms with Crippen LogP contribution in [-0.4, -0.2) is 25.7 Å². The summed E-state index contributed by atoms with van der Waals surface area (Å²) in [5.74, 6) is 1.05. The Kier molecular flexibility index (Phi) is 3.53. The smallest absolute Gasteiger partial charge is 0.0246 e. The Morgan fingerprint density at radius 1 is 1.33 bits per heavy atom. The average Bonchev–Trinajstić information content (AvgIpc) is 2.82. The highest BCUT2D eigenvalue weighted by Crippen LogP contribution is 2.31. The van der Waals surface area contributed by atoms with Crippen LogP contribution >= 0.6 is 0 Å². The van der Waals surface area contributed by atoms with E-state index in [2.05, 4.69) is 24.5 Å². The molecule has 2 N–H and O–H groups in total. The first-order valence-electron chi connectivity index (χ1n) is 5.04. The molecule has 0 unspecified atom stereocenters. The summed E-state index contributed by atoms with van der Waals surface area (Å²) in [7, 11) is 2.02. The van der Waals surface area contributed by atoms with Gasteiger partial charge in [-0.2, -0.15) is 0 Å². The third-order valence-corrected chi connectivity index (χ3v) is 2.67. The largest absolute Gasteiger partial charge is 0.315 e. The Morgan fingerprint density at radius 2 is 2.00 bits per heavy atom. The predicted octanol–water partition coefficient (Wildman–Crippen LogP) is 1.37. The van der Waals surface area contributed by atoms with Gasteiger partial charge in [0.05, 0.1) is 0 Å². The van der Waals surface area contributed by atoms with E-state index in [-0.39, 0.29) is 5.54 Å². The van der Waals surface area contributed by atoms with Crippen molar-refractivity contribution in [1.82, 2.24) is 10.6 Å². The number of hydrogen-bond acceptors (Lipinski definition) is 2. The summed E-state index contributed by atoms with van der Waals surface area (Å²) in [6.07, 6.45) is 4.31. The van der Waals surface area contributed by atoms with E-state index in [4.69, 9.17) is 0 Å². The molecule has 1 saturated carbocycles. The van der Waals surface area contributed by atoms with Crippen molar-refractivity contribution < 1.29 is 0 Å². The van der Waals surface area contributed by atoms with Gasteiger partial charge in [0.1, 0.15) is 0 Å². The maximum absolute atomic E-state index is 3.49. The summed E-state index contributed by atoms with van der Waals surface area (Å²) in [6, 6.07) is 0. The van der Waals surface area contributed by atoms with Gasteiger partial charge in [0.15, 0.2) is 0 Å². The van der Waals surface area contributed by atoms with Crippen LogP contribution < -0.4 is 10.6 Å². The Bertz CT molecular complexity index is 128. The summed E-state index contributed by atoms with van der Waals surface area (Å²) in [6.45, 7) is 6.69. The van der Waals surface area contributed by atoms with E-state index in [0.29, 0.717) is 0 Å². The molecular weight excluding hydrogens is 148 g/mol. The first-order chi connectivity index (χ1) is 5.64. The molecule has 0 atom stereocenters. The van der Waals surface area contributed by atoms with E-state index < -0.39 is 0 Å². The second-order valence-electron chi connectivity index (χ2n) is 4.54. The Balaban J connectivity index is 1.92. The minimum absolute atomic E-state index is 0.240. The van der Waals surface area contributed by atoms with Crippen molar-refractivity contribution in [3.8, 4) is 0 Å². The van der Waals surface area contributed by atoms with Gasteiger partial charge in [-0.3, -0.25) is 0 Å². The summed E-state index contributed by atoms with van der Waals surface area (Å²) in [4.78, 5) is 0. The molecule has 1 aliphatic carbocycles. The van der Waals surface area contributed by atoms with E-state index in [1.165, 1.54) is 25.8 Å². The molecule has 0 spiro atoms. The van der Waals surface area contributed by atoms with E-state index in [1.54, 1.807) is 0 Å². The minimum atomic E-state index is 0.240. The SMILES string of the molecule is CNC(C)(C)CNCCC1CC1. The topological polar surface area (TPSA) is 24.1 Å². The number of hydrogen-bond donors (Lipinski definition) is 2. The lowest BCUT2D eigenvalue weighted by Gasteiger charge is -2.24. The molecule has 0 aliphatic heterocycles. The van der Waals surface area contributed by atoms with Gasteiger partial charge in [-0.15, -0.1) is 0 Å². The maximum Gasteiger partial charge on any atom is 0.0246 e. The molecule has 72 valence electrons. The normalized spacial score (nSPS) is 18.2. The lowest BCUT2D eigenvalue weighted by atomic mass is 10.1. The van der Waals surface area contributed by atoms with Gasteiger partial charge in [0, 0.05) is 12.1 Å². The van der Waals surface area contributed by atoms with Crippen LogP contribution in [0.4, 0.5) is 0 Å². The molecule has 0 aromatic heterocycles. The van der Waals surface area contributed by atoms with Crippen molar-refractivity contribution in [1.29, 1.82) is 0 Å². The highest BCUT2D eigenvalue weighted by molar-refractivity contribution is 4.79. The molecule has 12 heavy (non-hydrogen) atoms. The molecule has 0 aromatic carbocycles. The molecule has 0 bridgehead atoms. The van der Waals surface area contributed by atoms with Crippen molar-refractivity contribution in [2.45, 2.75) is 38.6 Å². The van der Waals surface area contributed by atoms with Gasteiger partial charge in [0.25, 0.3) is 0 Å². The summed E-state index contributed by atoms with van der Waals surface area (Å²) >= 11 is 0. The average molecular weight is 170 g/mol. The predicted molar refractivity (Wildman–Crippen MR) is 53.3 cm³/mol. The van der Waals surface area contributed by atoms with Crippen molar-refractivity contribution in [3.05, 3.63) is 0 Å². The zero-order chi connectivity index (χ0) is 9.03. The van der Waals surface area contributed by atoms with Crippen LogP contribution in [0, 0.1) is 5.92 Å². The fourth-order valence-electron chi connectivity index (χ4n) is 1.20. The molecule has 1 aliphatic rings. The van der Waals surface area contributed by atoms with E-state index >= 15 is 0 Å². The summed E-state index contributed by atoms with van der Waals surface area (Å²) in [5, 5.41) is 6.77. The minimum Gasteiger partial charge on any atom is -0.315 e. The van der Waals surface area contributed by atoms with Crippen molar-refractivity contribution >= 4 is 0 Å². The summed E-state index contributed by atoms with van der Waals surface area (Å²) in [5.41, 5.74) is 0.240. The molecular formula is C10H22N2. The lowest BCUT2D eigenvalue weighted by Crippen LogP contribution is -2.45. The van der Waals surface area contributed by atoms with E-state index in [0.717, 1.165) is 12.5 Å². The number of likely N-dealkylation sites (N-methyl/N-ethyl adjacent to an activating group) is 1. The van der Waals surface area contributed by atoms with Crippen LogP contribution in [0.25, 0.3) is 0 Å². The maximum atomic E-state index is 3.49. The zero-order valence-corrected chi connectivity index (χ0v) is 8.61. The van der Waals surface area contributed by atoms with Crippen molar-refractivity contribution in [2.24, 2.45) is 5.92 Å². The quantitative estimate of drug-likeness (QED) is 0.588. The van der Waals surface area contributed by atoms with Crippen molar-refractivity contribution in [2.75, 3.05) is 20.1 Å². The van der Waals surface area contributed by atoms with E-state index in [9.17, 15) is 0 Å². The van der Waals surface area contributed by atoms with Crippen LogP contribution in [-0.2, 0) is 0 Å². The molecule has 2 heteroatoms. The molecule has 0 aromatic rings. The van der Waals surface area contributed by atoms with Crippen LogP contribution in [0.5, 0.6) is 0 Å². The zero-order valence-electron chi connectivity index (χ0n) is 8.61. The number of rotatable bonds is 6. The third kappa shape index (κ3) is 4.07.